The van der Waals surface area contributed by atoms with E-state index < -0.39 is 0 Å². The number of hydrogen-bond donors (Lipinski definition) is 0. The van der Waals surface area contributed by atoms with Crippen LogP contribution in [0.4, 0.5) is 0 Å². The third-order valence-electron chi connectivity index (χ3n) is 6.37. The van der Waals surface area contributed by atoms with Crippen LogP contribution in [-0.2, 0) is 11.2 Å². The van der Waals surface area contributed by atoms with E-state index in [9.17, 15) is 0 Å². The van der Waals surface area contributed by atoms with Crippen LogP contribution in [0, 0.1) is 22.2 Å². The normalized spacial score (nSPS) is 34.4. The van der Waals surface area contributed by atoms with Gasteiger partial charge < -0.3 is 9.47 Å². The molecule has 4 aliphatic rings. The summed E-state index contributed by atoms with van der Waals surface area (Å²) in [6, 6.07) is 8.62. The second kappa shape index (κ2) is 5.49. The van der Waals surface area contributed by atoms with Gasteiger partial charge in [0.15, 0.2) is 6.29 Å². The molecular weight excluding hydrogens is 296 g/mol. The van der Waals surface area contributed by atoms with Crippen molar-refractivity contribution in [2.24, 2.45) is 22.2 Å². The Labute approximate surface area is 146 Å². The van der Waals surface area contributed by atoms with Gasteiger partial charge in [0.25, 0.3) is 0 Å². The molecule has 2 heteroatoms. The maximum atomic E-state index is 6.22. The van der Waals surface area contributed by atoms with Gasteiger partial charge in [0, 0.05) is 13.0 Å². The highest BCUT2D eigenvalue weighted by molar-refractivity contribution is 5.28. The third-order valence-corrected chi connectivity index (χ3v) is 6.37. The van der Waals surface area contributed by atoms with E-state index in [0.29, 0.717) is 10.8 Å². The molecule has 4 fully saturated rings. The maximum absolute atomic E-state index is 6.22. The smallest absolute Gasteiger partial charge is 0.200 e. The van der Waals surface area contributed by atoms with E-state index in [2.05, 4.69) is 52.0 Å². The summed E-state index contributed by atoms with van der Waals surface area (Å²) in [5, 5.41) is 0. The lowest BCUT2D eigenvalue weighted by Crippen LogP contribution is -2.38. The molecule has 4 saturated carbocycles. The molecule has 2 unspecified atom stereocenters. The summed E-state index contributed by atoms with van der Waals surface area (Å²) < 4.78 is 12.2. The predicted octanol–water partition coefficient (Wildman–Crippen LogP) is 5.60. The van der Waals surface area contributed by atoms with Gasteiger partial charge in [0.05, 0.1) is 0 Å². The molecule has 0 aromatic heterocycles. The molecule has 2 bridgehead atoms. The molecule has 1 aromatic rings. The third kappa shape index (κ3) is 3.10. The second-order valence-corrected chi connectivity index (χ2v) is 9.91. The zero-order valence-corrected chi connectivity index (χ0v) is 15.7. The topological polar surface area (TPSA) is 18.5 Å². The molecule has 1 aromatic carbocycles. The molecule has 132 valence electrons. The fraction of sp³-hybridized carbons (Fsp3) is 0.727. The highest BCUT2D eigenvalue weighted by atomic mass is 16.7. The Morgan fingerprint density at radius 3 is 2.38 bits per heavy atom. The number of ether oxygens (including phenoxy) is 2. The van der Waals surface area contributed by atoms with Gasteiger partial charge in [-0.1, -0.05) is 32.9 Å². The number of rotatable bonds is 7. The van der Waals surface area contributed by atoms with Gasteiger partial charge in [0.1, 0.15) is 5.75 Å². The second-order valence-electron chi connectivity index (χ2n) is 9.91. The van der Waals surface area contributed by atoms with Crippen LogP contribution in [0.1, 0.15) is 65.4 Å². The molecule has 0 N–H and O–H groups in total. The lowest BCUT2D eigenvalue weighted by molar-refractivity contribution is -0.117. The summed E-state index contributed by atoms with van der Waals surface area (Å²) in [7, 11) is 0. The Bertz CT molecular complexity index is 584. The number of benzene rings is 1. The first-order chi connectivity index (χ1) is 11.3. The summed E-state index contributed by atoms with van der Waals surface area (Å²) in [6.45, 7) is 9.62. The van der Waals surface area contributed by atoms with E-state index in [1.54, 1.807) is 0 Å². The lowest BCUT2D eigenvalue weighted by atomic mass is 9.62. The Hall–Kier alpha value is -1.02. The molecule has 24 heavy (non-hydrogen) atoms. The van der Waals surface area contributed by atoms with Crippen molar-refractivity contribution in [2.45, 2.75) is 72.5 Å². The zero-order chi connectivity index (χ0) is 17.0. The fourth-order valence-electron chi connectivity index (χ4n) is 5.61. The SMILES string of the molecule is CCOC(CC12CC3CC3(C1)C2)Oc1ccc(CC(C)(C)C)cc1. The van der Waals surface area contributed by atoms with Crippen molar-refractivity contribution in [3.63, 3.8) is 0 Å². The average molecular weight is 328 g/mol. The van der Waals surface area contributed by atoms with Crippen LogP contribution in [-0.4, -0.2) is 12.9 Å². The summed E-state index contributed by atoms with van der Waals surface area (Å²) in [5.74, 6) is 1.98. The van der Waals surface area contributed by atoms with Crippen molar-refractivity contribution in [1.29, 1.82) is 0 Å². The van der Waals surface area contributed by atoms with E-state index in [0.717, 1.165) is 36.5 Å². The molecule has 0 aliphatic heterocycles. The highest BCUT2D eigenvalue weighted by Crippen LogP contribution is 2.84. The van der Waals surface area contributed by atoms with E-state index in [-0.39, 0.29) is 6.29 Å². The Balaban J connectivity index is 1.36. The highest BCUT2D eigenvalue weighted by Gasteiger charge is 2.75. The molecule has 4 aliphatic carbocycles. The Morgan fingerprint density at radius 1 is 1.12 bits per heavy atom. The molecule has 2 atom stereocenters. The molecule has 0 amide bonds. The molecular formula is C22H32O2. The first kappa shape index (κ1) is 16.4. The summed E-state index contributed by atoms with van der Waals surface area (Å²) >= 11 is 0. The quantitative estimate of drug-likeness (QED) is 0.607. The summed E-state index contributed by atoms with van der Waals surface area (Å²) in [4.78, 5) is 0. The minimum Gasteiger partial charge on any atom is -0.465 e. The van der Waals surface area contributed by atoms with Crippen molar-refractivity contribution >= 4 is 0 Å². The van der Waals surface area contributed by atoms with Crippen LogP contribution < -0.4 is 4.74 Å². The van der Waals surface area contributed by atoms with E-state index >= 15 is 0 Å². The first-order valence-corrected chi connectivity index (χ1v) is 9.69. The van der Waals surface area contributed by atoms with Crippen LogP contribution in [0.15, 0.2) is 24.3 Å². The minimum atomic E-state index is -0.0849. The summed E-state index contributed by atoms with van der Waals surface area (Å²) in [6.07, 6.45) is 7.87. The maximum Gasteiger partial charge on any atom is 0.200 e. The first-order valence-electron chi connectivity index (χ1n) is 9.69. The van der Waals surface area contributed by atoms with Gasteiger partial charge in [-0.3, -0.25) is 0 Å². The van der Waals surface area contributed by atoms with E-state index in [1.165, 1.54) is 31.2 Å². The predicted molar refractivity (Wildman–Crippen MR) is 97.1 cm³/mol. The van der Waals surface area contributed by atoms with Gasteiger partial charge in [-0.25, -0.2) is 0 Å². The minimum absolute atomic E-state index is 0.0849. The van der Waals surface area contributed by atoms with Gasteiger partial charge in [-0.05, 0) is 78.9 Å². The van der Waals surface area contributed by atoms with Crippen molar-refractivity contribution in [3.8, 4) is 5.75 Å². The van der Waals surface area contributed by atoms with Crippen LogP contribution in [0.5, 0.6) is 5.75 Å². The van der Waals surface area contributed by atoms with Gasteiger partial charge in [0.2, 0.25) is 0 Å². The van der Waals surface area contributed by atoms with E-state index in [4.69, 9.17) is 9.47 Å². The van der Waals surface area contributed by atoms with Crippen LogP contribution in [0.25, 0.3) is 0 Å². The molecule has 0 heterocycles. The largest absolute Gasteiger partial charge is 0.465 e. The fourth-order valence-corrected chi connectivity index (χ4v) is 5.61. The van der Waals surface area contributed by atoms with Crippen molar-refractivity contribution in [1.82, 2.24) is 0 Å². The van der Waals surface area contributed by atoms with Gasteiger partial charge in [-0.2, -0.15) is 0 Å². The van der Waals surface area contributed by atoms with Gasteiger partial charge >= 0.3 is 0 Å². The monoisotopic (exact) mass is 328 g/mol. The van der Waals surface area contributed by atoms with Crippen molar-refractivity contribution < 1.29 is 9.47 Å². The summed E-state index contributed by atoms with van der Waals surface area (Å²) in [5.41, 5.74) is 3.01. The lowest BCUT2D eigenvalue weighted by Gasteiger charge is -2.44. The van der Waals surface area contributed by atoms with Crippen LogP contribution in [0.3, 0.4) is 0 Å². The van der Waals surface area contributed by atoms with Crippen LogP contribution in [0.2, 0.25) is 0 Å². The molecule has 5 rings (SSSR count). The Morgan fingerprint density at radius 2 is 1.83 bits per heavy atom. The Kier molecular flexibility index (Phi) is 3.76. The van der Waals surface area contributed by atoms with Crippen molar-refractivity contribution in [3.05, 3.63) is 29.8 Å². The molecule has 2 nitrogen and oxygen atoms in total. The van der Waals surface area contributed by atoms with E-state index in [1.807, 2.05) is 0 Å². The van der Waals surface area contributed by atoms with Crippen LogP contribution >= 0.6 is 0 Å². The standard InChI is InChI=1S/C22H32O2/c1-5-23-19(13-21-11-17-12-22(17,14-21)15-21)24-18-8-6-16(7-9-18)10-20(2,3)4/h6-9,17,19H,5,10-15H2,1-4H3. The van der Waals surface area contributed by atoms with Crippen molar-refractivity contribution in [2.75, 3.05) is 6.61 Å². The molecule has 1 spiro atoms. The number of hydrogen-bond acceptors (Lipinski definition) is 2. The molecule has 0 radical (unpaired) electrons. The zero-order valence-electron chi connectivity index (χ0n) is 15.7. The average Bonchev–Trinajstić information content (AvgIpc) is 2.94. The van der Waals surface area contributed by atoms with Gasteiger partial charge in [-0.15, -0.1) is 0 Å². The molecule has 0 saturated heterocycles.